The molecule has 1 aliphatic carbocycles. The Hall–Kier alpha value is -1.75. The van der Waals surface area contributed by atoms with Gasteiger partial charge in [0.25, 0.3) is 0 Å². The van der Waals surface area contributed by atoms with Gasteiger partial charge in [-0.15, -0.1) is 0 Å². The zero-order valence-corrected chi connectivity index (χ0v) is 11.1. The molecule has 1 aliphatic rings. The molecular weight excluding hydrogens is 265 g/mol. The van der Waals surface area contributed by atoms with Crippen molar-refractivity contribution in [2.75, 3.05) is 0 Å². The smallest absolute Gasteiger partial charge is 0.196 e. The van der Waals surface area contributed by atoms with Gasteiger partial charge in [-0.2, -0.15) is 0 Å². The number of nitrogens with two attached hydrogens (primary N) is 1. The number of aromatic nitrogens is 1. The predicted molar refractivity (Wildman–Crippen MR) is 70.2 cm³/mol. The molecule has 0 fully saturated rings. The lowest BCUT2D eigenvalue weighted by Gasteiger charge is -2.21. The number of fused-ring (bicyclic) bond motifs is 1. The van der Waals surface area contributed by atoms with Crippen LogP contribution in [-0.4, -0.2) is 4.57 Å². The number of hydrogen-bond donors (Lipinski definition) is 1. The quantitative estimate of drug-likeness (QED) is 0.796. The summed E-state index contributed by atoms with van der Waals surface area (Å²) in [5, 5.41) is 0. The first-order valence-corrected chi connectivity index (χ1v) is 6.61. The van der Waals surface area contributed by atoms with E-state index in [0.717, 1.165) is 42.3 Å². The standard InChI is InChI=1S/C15H15F3N2/c1-8-7-9-11(19)3-2-4-12(9)20(8)13-6-5-10(16)14(17)15(13)18/h5-7,11H,2-4,19H2,1H3. The summed E-state index contributed by atoms with van der Waals surface area (Å²) in [6, 6.07) is 4.04. The molecule has 0 saturated heterocycles. The fourth-order valence-electron chi connectivity index (χ4n) is 2.96. The summed E-state index contributed by atoms with van der Waals surface area (Å²) in [5.41, 5.74) is 8.74. The Morgan fingerprint density at radius 1 is 1.20 bits per heavy atom. The Labute approximate surface area is 115 Å². The van der Waals surface area contributed by atoms with Crippen LogP contribution in [0.2, 0.25) is 0 Å². The second-order valence-corrected chi connectivity index (χ2v) is 5.22. The summed E-state index contributed by atoms with van der Waals surface area (Å²) in [5.74, 6) is -3.78. The minimum atomic E-state index is -1.44. The summed E-state index contributed by atoms with van der Waals surface area (Å²) in [6.45, 7) is 1.81. The van der Waals surface area contributed by atoms with Gasteiger partial charge in [-0.05, 0) is 49.9 Å². The van der Waals surface area contributed by atoms with E-state index < -0.39 is 17.5 Å². The maximum Gasteiger partial charge on any atom is 0.196 e. The van der Waals surface area contributed by atoms with Gasteiger partial charge in [-0.3, -0.25) is 0 Å². The maximum absolute atomic E-state index is 14.0. The number of benzene rings is 1. The van der Waals surface area contributed by atoms with Crippen molar-refractivity contribution in [2.24, 2.45) is 5.73 Å². The maximum atomic E-state index is 14.0. The fraction of sp³-hybridized carbons (Fsp3) is 0.333. The van der Waals surface area contributed by atoms with E-state index in [4.69, 9.17) is 5.73 Å². The van der Waals surface area contributed by atoms with Crippen LogP contribution in [-0.2, 0) is 6.42 Å². The molecule has 3 rings (SSSR count). The molecule has 0 aliphatic heterocycles. The normalized spacial score (nSPS) is 18.1. The monoisotopic (exact) mass is 280 g/mol. The molecule has 1 aromatic carbocycles. The Balaban J connectivity index is 2.23. The van der Waals surface area contributed by atoms with E-state index >= 15 is 0 Å². The lowest BCUT2D eigenvalue weighted by Crippen LogP contribution is -2.18. The van der Waals surface area contributed by atoms with Crippen molar-refractivity contribution < 1.29 is 13.2 Å². The molecule has 1 atom stereocenters. The van der Waals surface area contributed by atoms with Gasteiger partial charge in [0.05, 0.1) is 5.69 Å². The molecule has 0 amide bonds. The van der Waals surface area contributed by atoms with Crippen LogP contribution in [0.3, 0.4) is 0 Å². The molecule has 0 spiro atoms. The number of nitrogens with zero attached hydrogens (tertiary/aromatic N) is 1. The van der Waals surface area contributed by atoms with Crippen LogP contribution >= 0.6 is 0 Å². The third-order valence-corrected chi connectivity index (χ3v) is 3.90. The highest BCUT2D eigenvalue weighted by Crippen LogP contribution is 2.33. The van der Waals surface area contributed by atoms with Crippen LogP contribution in [0.5, 0.6) is 0 Å². The summed E-state index contributed by atoms with van der Waals surface area (Å²) in [7, 11) is 0. The van der Waals surface area contributed by atoms with Crippen LogP contribution in [0.1, 0.15) is 35.8 Å². The highest BCUT2D eigenvalue weighted by Gasteiger charge is 2.25. The van der Waals surface area contributed by atoms with E-state index in [1.54, 1.807) is 4.57 Å². The molecule has 2 aromatic rings. The van der Waals surface area contributed by atoms with Gasteiger partial charge in [0, 0.05) is 17.4 Å². The second kappa shape index (κ2) is 4.66. The van der Waals surface area contributed by atoms with Crippen LogP contribution in [0.4, 0.5) is 13.2 Å². The molecule has 0 bridgehead atoms. The first kappa shape index (κ1) is 13.2. The SMILES string of the molecule is Cc1cc2c(n1-c1ccc(F)c(F)c1F)CCCC2N. The molecule has 1 aromatic heterocycles. The third kappa shape index (κ3) is 1.85. The summed E-state index contributed by atoms with van der Waals surface area (Å²) in [6.07, 6.45) is 2.55. The minimum Gasteiger partial charge on any atom is -0.324 e. The van der Waals surface area contributed by atoms with E-state index in [1.807, 2.05) is 13.0 Å². The van der Waals surface area contributed by atoms with E-state index in [1.165, 1.54) is 6.07 Å². The number of rotatable bonds is 1. The molecule has 2 N–H and O–H groups in total. The Morgan fingerprint density at radius 3 is 2.70 bits per heavy atom. The van der Waals surface area contributed by atoms with Crippen molar-refractivity contribution in [3.05, 3.63) is 52.6 Å². The molecule has 20 heavy (non-hydrogen) atoms. The van der Waals surface area contributed by atoms with Crippen molar-refractivity contribution in [1.82, 2.24) is 4.57 Å². The van der Waals surface area contributed by atoms with Crippen LogP contribution < -0.4 is 5.73 Å². The minimum absolute atomic E-state index is 0.0387. The first-order chi connectivity index (χ1) is 9.50. The van der Waals surface area contributed by atoms with Crippen molar-refractivity contribution in [3.8, 4) is 5.69 Å². The van der Waals surface area contributed by atoms with Crippen molar-refractivity contribution in [2.45, 2.75) is 32.2 Å². The molecule has 0 radical (unpaired) electrons. The molecular formula is C15H15F3N2. The van der Waals surface area contributed by atoms with Gasteiger partial charge < -0.3 is 10.3 Å². The highest BCUT2D eigenvalue weighted by atomic mass is 19.2. The Morgan fingerprint density at radius 2 is 1.95 bits per heavy atom. The molecule has 0 saturated carbocycles. The van der Waals surface area contributed by atoms with E-state index in [-0.39, 0.29) is 11.7 Å². The summed E-state index contributed by atoms with van der Waals surface area (Å²) < 4.78 is 42.1. The van der Waals surface area contributed by atoms with Crippen molar-refractivity contribution in [1.29, 1.82) is 0 Å². The first-order valence-electron chi connectivity index (χ1n) is 6.61. The van der Waals surface area contributed by atoms with Crippen LogP contribution in [0, 0.1) is 24.4 Å². The van der Waals surface area contributed by atoms with Crippen LogP contribution in [0.15, 0.2) is 18.2 Å². The lowest BCUT2D eigenvalue weighted by atomic mass is 9.93. The summed E-state index contributed by atoms with van der Waals surface area (Å²) >= 11 is 0. The molecule has 5 heteroatoms. The van der Waals surface area contributed by atoms with Crippen molar-refractivity contribution >= 4 is 0 Å². The molecule has 106 valence electrons. The Kier molecular flexibility index (Phi) is 3.09. The van der Waals surface area contributed by atoms with Crippen LogP contribution in [0.25, 0.3) is 5.69 Å². The van der Waals surface area contributed by atoms with Gasteiger partial charge in [-0.1, -0.05) is 0 Å². The predicted octanol–water partition coefficient (Wildman–Crippen LogP) is 3.54. The van der Waals surface area contributed by atoms with Crippen molar-refractivity contribution in [3.63, 3.8) is 0 Å². The van der Waals surface area contributed by atoms with Gasteiger partial charge in [0.2, 0.25) is 0 Å². The highest BCUT2D eigenvalue weighted by molar-refractivity contribution is 5.44. The van der Waals surface area contributed by atoms with E-state index in [0.29, 0.717) is 0 Å². The fourth-order valence-corrected chi connectivity index (χ4v) is 2.96. The van der Waals surface area contributed by atoms with Gasteiger partial charge in [-0.25, -0.2) is 13.2 Å². The zero-order chi connectivity index (χ0) is 14.4. The van der Waals surface area contributed by atoms with Gasteiger partial charge in [0.15, 0.2) is 17.5 Å². The topological polar surface area (TPSA) is 30.9 Å². The Bertz CT molecular complexity index is 676. The van der Waals surface area contributed by atoms with Gasteiger partial charge >= 0.3 is 0 Å². The van der Waals surface area contributed by atoms with E-state index in [9.17, 15) is 13.2 Å². The van der Waals surface area contributed by atoms with Gasteiger partial charge in [0.1, 0.15) is 0 Å². The largest absolute Gasteiger partial charge is 0.324 e. The third-order valence-electron chi connectivity index (χ3n) is 3.90. The number of hydrogen-bond acceptors (Lipinski definition) is 1. The molecule has 1 heterocycles. The average molecular weight is 280 g/mol. The zero-order valence-electron chi connectivity index (χ0n) is 11.1. The molecule has 2 nitrogen and oxygen atoms in total. The lowest BCUT2D eigenvalue weighted by molar-refractivity contribution is 0.443. The van der Waals surface area contributed by atoms with E-state index in [2.05, 4.69) is 0 Å². The number of halogens is 3. The molecule has 1 unspecified atom stereocenters. The second-order valence-electron chi connectivity index (χ2n) is 5.22. The average Bonchev–Trinajstić information content (AvgIpc) is 2.75. The summed E-state index contributed by atoms with van der Waals surface area (Å²) in [4.78, 5) is 0. The number of aryl methyl sites for hydroxylation is 1.